The maximum Gasteiger partial charge on any atom is 0.138 e. The molecule has 0 aromatic heterocycles. The van der Waals surface area contributed by atoms with Crippen LogP contribution < -0.4 is 10.5 Å². The number of ether oxygens (including phenoxy) is 1. The van der Waals surface area contributed by atoms with Crippen molar-refractivity contribution in [2.45, 2.75) is 25.7 Å². The van der Waals surface area contributed by atoms with Crippen molar-refractivity contribution in [3.8, 4) is 11.5 Å². The van der Waals surface area contributed by atoms with E-state index in [0.29, 0.717) is 16.3 Å². The van der Waals surface area contributed by atoms with E-state index in [1.165, 1.54) is 24.0 Å². The molecule has 0 aliphatic heterocycles. The quantitative estimate of drug-likeness (QED) is 0.656. The van der Waals surface area contributed by atoms with E-state index in [1.54, 1.807) is 18.2 Å². The summed E-state index contributed by atoms with van der Waals surface area (Å²) in [6.45, 7) is 0. The van der Waals surface area contributed by atoms with Gasteiger partial charge in [0.25, 0.3) is 0 Å². The number of nitrogen functional groups attached to an aromatic ring is 1. The Morgan fingerprint density at radius 1 is 1.05 bits per heavy atom. The minimum atomic E-state index is -0.0505. The second-order valence-electron chi connectivity index (χ2n) is 5.29. The van der Waals surface area contributed by atoms with Gasteiger partial charge in [-0.2, -0.15) is 0 Å². The average Bonchev–Trinajstić information content (AvgIpc) is 2.49. The number of aryl methyl sites for hydroxylation is 2. The number of hydrogen-bond acceptors (Lipinski definition) is 2. The average molecular weight is 301 g/mol. The zero-order valence-electron chi connectivity index (χ0n) is 11.7. The molecule has 0 radical (unpaired) electrons. The monoisotopic (exact) mass is 300 g/mol. The highest BCUT2D eigenvalue weighted by atomic mass is 35.5. The van der Waals surface area contributed by atoms with Gasteiger partial charge >= 0.3 is 0 Å². The van der Waals surface area contributed by atoms with E-state index in [9.17, 15) is 0 Å². The zero-order valence-corrected chi connectivity index (χ0v) is 12.4. The lowest BCUT2D eigenvalue weighted by Gasteiger charge is -2.17. The molecule has 0 heterocycles. The summed E-state index contributed by atoms with van der Waals surface area (Å²) in [6, 6.07) is 11.3. The van der Waals surface area contributed by atoms with Gasteiger partial charge in [0, 0.05) is 5.02 Å². The number of nitrogens with one attached hydrogen (secondary N) is 1. The van der Waals surface area contributed by atoms with Crippen LogP contribution in [0, 0.1) is 5.41 Å². The van der Waals surface area contributed by atoms with Gasteiger partial charge in [0.2, 0.25) is 0 Å². The van der Waals surface area contributed by atoms with E-state index >= 15 is 0 Å². The summed E-state index contributed by atoms with van der Waals surface area (Å²) in [5.41, 5.74) is 8.88. The molecule has 2 aromatic rings. The molecule has 4 heteroatoms. The first-order valence-electron chi connectivity index (χ1n) is 7.07. The fraction of sp³-hybridized carbons (Fsp3) is 0.235. The van der Waals surface area contributed by atoms with Gasteiger partial charge in [-0.05, 0) is 67.1 Å². The molecular weight excluding hydrogens is 284 g/mol. The number of hydrogen-bond donors (Lipinski definition) is 2. The van der Waals surface area contributed by atoms with E-state index in [-0.39, 0.29) is 5.84 Å². The molecule has 0 amide bonds. The molecule has 3 nitrogen and oxygen atoms in total. The number of amidine groups is 1. The van der Waals surface area contributed by atoms with E-state index < -0.39 is 0 Å². The van der Waals surface area contributed by atoms with Gasteiger partial charge in [-0.15, -0.1) is 0 Å². The lowest BCUT2D eigenvalue weighted by Crippen LogP contribution is -2.12. The molecule has 0 saturated heterocycles. The minimum Gasteiger partial charge on any atom is -0.457 e. The standard InChI is InChI=1S/C17H17ClN2O/c18-13-6-8-16(15(10-13)17(19)20)21-14-7-5-11-3-1-2-4-12(11)9-14/h5-10H,1-4H2,(H3,19,20). The Bertz CT molecular complexity index is 697. The van der Waals surface area contributed by atoms with Crippen molar-refractivity contribution in [2.24, 2.45) is 5.73 Å². The molecule has 2 aromatic carbocycles. The number of benzene rings is 2. The largest absolute Gasteiger partial charge is 0.457 e. The van der Waals surface area contributed by atoms with E-state index in [1.807, 2.05) is 6.07 Å². The van der Waals surface area contributed by atoms with E-state index in [0.717, 1.165) is 18.6 Å². The SMILES string of the molecule is N=C(N)c1cc(Cl)ccc1Oc1ccc2c(c1)CCCC2. The Labute approximate surface area is 129 Å². The Morgan fingerprint density at radius 2 is 1.81 bits per heavy atom. The van der Waals surface area contributed by atoms with Crippen molar-refractivity contribution in [2.75, 3.05) is 0 Å². The van der Waals surface area contributed by atoms with Crippen molar-refractivity contribution in [3.63, 3.8) is 0 Å². The summed E-state index contributed by atoms with van der Waals surface area (Å²) in [5.74, 6) is 1.29. The van der Waals surface area contributed by atoms with Crippen LogP contribution in [0.4, 0.5) is 0 Å². The molecule has 1 aliphatic rings. The summed E-state index contributed by atoms with van der Waals surface area (Å²) < 4.78 is 5.91. The molecule has 0 bridgehead atoms. The molecule has 0 atom stereocenters. The third kappa shape index (κ3) is 3.03. The minimum absolute atomic E-state index is 0.0505. The van der Waals surface area contributed by atoms with Crippen LogP contribution in [0.5, 0.6) is 11.5 Å². The molecule has 3 N–H and O–H groups in total. The summed E-state index contributed by atoms with van der Waals surface area (Å²) >= 11 is 5.95. The second-order valence-corrected chi connectivity index (χ2v) is 5.73. The molecule has 0 spiro atoms. The number of rotatable bonds is 3. The van der Waals surface area contributed by atoms with Crippen molar-refractivity contribution in [1.82, 2.24) is 0 Å². The Kier molecular flexibility index (Phi) is 3.84. The van der Waals surface area contributed by atoms with Crippen LogP contribution in [0.3, 0.4) is 0 Å². The normalized spacial score (nSPS) is 13.6. The number of nitrogens with two attached hydrogens (primary N) is 1. The molecule has 108 valence electrons. The maximum atomic E-state index is 7.63. The van der Waals surface area contributed by atoms with Crippen LogP contribution in [0.15, 0.2) is 36.4 Å². The van der Waals surface area contributed by atoms with Gasteiger partial charge in [-0.1, -0.05) is 17.7 Å². The third-order valence-corrected chi connectivity index (χ3v) is 4.01. The van der Waals surface area contributed by atoms with Crippen LogP contribution in [0.25, 0.3) is 0 Å². The van der Waals surface area contributed by atoms with Gasteiger partial charge in [0.1, 0.15) is 17.3 Å². The first-order chi connectivity index (χ1) is 10.1. The lowest BCUT2D eigenvalue weighted by atomic mass is 9.92. The Balaban J connectivity index is 1.92. The van der Waals surface area contributed by atoms with Crippen LogP contribution in [0.1, 0.15) is 29.5 Å². The highest BCUT2D eigenvalue weighted by Gasteiger charge is 2.12. The first-order valence-corrected chi connectivity index (χ1v) is 7.45. The molecule has 0 unspecified atom stereocenters. The Hall–Kier alpha value is -2.00. The highest BCUT2D eigenvalue weighted by Crippen LogP contribution is 2.31. The molecular formula is C17H17ClN2O. The van der Waals surface area contributed by atoms with E-state index in [2.05, 4.69) is 12.1 Å². The molecule has 1 aliphatic carbocycles. The van der Waals surface area contributed by atoms with Gasteiger partial charge in [0.05, 0.1) is 5.56 Å². The third-order valence-electron chi connectivity index (χ3n) is 3.78. The van der Waals surface area contributed by atoms with Crippen LogP contribution >= 0.6 is 11.6 Å². The topological polar surface area (TPSA) is 59.1 Å². The molecule has 3 rings (SSSR count). The van der Waals surface area contributed by atoms with E-state index in [4.69, 9.17) is 27.5 Å². The van der Waals surface area contributed by atoms with Crippen LogP contribution in [-0.2, 0) is 12.8 Å². The smallest absolute Gasteiger partial charge is 0.138 e. The van der Waals surface area contributed by atoms with Crippen molar-refractivity contribution in [1.29, 1.82) is 5.41 Å². The van der Waals surface area contributed by atoms with Gasteiger partial charge in [-0.25, -0.2) is 0 Å². The lowest BCUT2D eigenvalue weighted by molar-refractivity contribution is 0.479. The highest BCUT2D eigenvalue weighted by molar-refractivity contribution is 6.31. The van der Waals surface area contributed by atoms with Crippen LogP contribution in [-0.4, -0.2) is 5.84 Å². The fourth-order valence-electron chi connectivity index (χ4n) is 2.70. The van der Waals surface area contributed by atoms with Crippen molar-refractivity contribution >= 4 is 17.4 Å². The van der Waals surface area contributed by atoms with Crippen molar-refractivity contribution in [3.05, 3.63) is 58.1 Å². The molecule has 0 fully saturated rings. The van der Waals surface area contributed by atoms with Gasteiger partial charge in [0.15, 0.2) is 0 Å². The predicted molar refractivity (Wildman–Crippen MR) is 85.6 cm³/mol. The zero-order chi connectivity index (χ0) is 14.8. The summed E-state index contributed by atoms with van der Waals surface area (Å²) in [5, 5.41) is 8.17. The van der Waals surface area contributed by atoms with Gasteiger partial charge < -0.3 is 10.5 Å². The van der Waals surface area contributed by atoms with Gasteiger partial charge in [-0.3, -0.25) is 5.41 Å². The summed E-state index contributed by atoms with van der Waals surface area (Å²) in [7, 11) is 0. The summed E-state index contributed by atoms with van der Waals surface area (Å²) in [6.07, 6.45) is 4.75. The Morgan fingerprint density at radius 3 is 2.57 bits per heavy atom. The molecule has 21 heavy (non-hydrogen) atoms. The van der Waals surface area contributed by atoms with Crippen molar-refractivity contribution < 1.29 is 4.74 Å². The fourth-order valence-corrected chi connectivity index (χ4v) is 2.87. The van der Waals surface area contributed by atoms with Crippen LogP contribution in [0.2, 0.25) is 5.02 Å². The predicted octanol–water partition coefficient (Wildman–Crippen LogP) is 4.30. The number of halogens is 1. The number of fused-ring (bicyclic) bond motifs is 1. The summed E-state index contributed by atoms with van der Waals surface area (Å²) in [4.78, 5) is 0. The second kappa shape index (κ2) is 5.78. The first kappa shape index (κ1) is 14.0. The maximum absolute atomic E-state index is 7.63. The molecule has 0 saturated carbocycles.